The lowest BCUT2D eigenvalue weighted by atomic mass is 9.98. The van der Waals surface area contributed by atoms with Crippen molar-refractivity contribution in [2.45, 2.75) is 18.7 Å². The van der Waals surface area contributed by atoms with Crippen molar-refractivity contribution in [2.75, 3.05) is 13.1 Å². The van der Waals surface area contributed by atoms with Gasteiger partial charge in [0, 0.05) is 19.2 Å². The Balaban J connectivity index is 1.59. The molecule has 0 spiro atoms. The van der Waals surface area contributed by atoms with Crippen molar-refractivity contribution in [1.29, 1.82) is 0 Å². The van der Waals surface area contributed by atoms with Gasteiger partial charge in [0.15, 0.2) is 0 Å². The molecule has 4 rings (SSSR count). The molecule has 2 atom stereocenters. The number of fused-ring (bicyclic) bond motifs is 4. The minimum atomic E-state index is -1.13. The van der Waals surface area contributed by atoms with E-state index >= 15 is 0 Å². The summed E-state index contributed by atoms with van der Waals surface area (Å²) >= 11 is 0. The van der Waals surface area contributed by atoms with E-state index in [-0.39, 0.29) is 25.2 Å². The number of hydrogen-bond donors (Lipinski definition) is 2. The molecule has 3 amide bonds. The Morgan fingerprint density at radius 3 is 2.88 bits per heavy atom. The molecule has 2 aliphatic heterocycles. The van der Waals surface area contributed by atoms with Crippen LogP contribution in [-0.2, 0) is 18.5 Å². The Morgan fingerprint density at radius 2 is 2.15 bits per heavy atom. The molecule has 1 aromatic carbocycles. The number of urea groups is 1. The molecule has 136 valence electrons. The molecule has 0 radical (unpaired) electrons. The summed E-state index contributed by atoms with van der Waals surface area (Å²) in [5, 5.41) is 17.0. The van der Waals surface area contributed by atoms with Crippen LogP contribution >= 0.6 is 0 Å². The van der Waals surface area contributed by atoms with Crippen LogP contribution in [0.4, 0.5) is 9.59 Å². The van der Waals surface area contributed by atoms with Gasteiger partial charge in [-0.05, 0) is 5.56 Å². The molecule has 2 aromatic rings. The van der Waals surface area contributed by atoms with Crippen LogP contribution in [0.5, 0.6) is 0 Å². The average molecular weight is 357 g/mol. The summed E-state index contributed by atoms with van der Waals surface area (Å²) in [4.78, 5) is 31.2. The second-order valence-electron chi connectivity index (χ2n) is 6.35. The number of aromatic nitrogens is 2. The Labute approximate surface area is 149 Å². The lowest BCUT2D eigenvalue weighted by molar-refractivity contribution is -0.141. The van der Waals surface area contributed by atoms with Gasteiger partial charge in [-0.3, -0.25) is 9.52 Å². The van der Waals surface area contributed by atoms with Gasteiger partial charge in [-0.1, -0.05) is 30.3 Å². The molecular formula is C17H19N5O4. The summed E-state index contributed by atoms with van der Waals surface area (Å²) in [6.07, 6.45) is 0.599. The normalized spacial score (nSPS) is 21.0. The van der Waals surface area contributed by atoms with Crippen LogP contribution in [0, 0.1) is 0 Å². The molecular weight excluding hydrogens is 338 g/mol. The van der Waals surface area contributed by atoms with Crippen LogP contribution in [0.15, 0.2) is 36.5 Å². The fraction of sp³-hybridized carbons (Fsp3) is 0.353. The van der Waals surface area contributed by atoms with Crippen LogP contribution in [0.2, 0.25) is 0 Å². The standard InChI is InChI=1S/C17H19N5O4/c1-20-15-12(7-19-20)14-9-21(13(15)8-18-16(23)24)17(25)22(14)26-10-11-5-3-2-4-6-11/h2-7,13-14,18H,8-10H2,1H3,(H,23,24)/t13?,14-/m1/s1. The van der Waals surface area contributed by atoms with E-state index in [9.17, 15) is 9.59 Å². The molecule has 0 saturated carbocycles. The Hall–Kier alpha value is -3.07. The predicted octanol–water partition coefficient (Wildman–Crippen LogP) is 1.65. The first-order valence-corrected chi connectivity index (χ1v) is 8.31. The highest BCUT2D eigenvalue weighted by Crippen LogP contribution is 2.43. The van der Waals surface area contributed by atoms with Gasteiger partial charge < -0.3 is 15.3 Å². The summed E-state index contributed by atoms with van der Waals surface area (Å²) < 4.78 is 1.69. The van der Waals surface area contributed by atoms with Crippen molar-refractivity contribution < 1.29 is 19.5 Å². The number of aryl methyl sites for hydroxylation is 1. The van der Waals surface area contributed by atoms with Gasteiger partial charge in [0.05, 0.1) is 24.5 Å². The second kappa shape index (κ2) is 6.34. The largest absolute Gasteiger partial charge is 0.465 e. The zero-order chi connectivity index (χ0) is 18.3. The molecule has 26 heavy (non-hydrogen) atoms. The van der Waals surface area contributed by atoms with Crippen molar-refractivity contribution >= 4 is 12.1 Å². The Kier molecular flexibility index (Phi) is 4.00. The van der Waals surface area contributed by atoms with Gasteiger partial charge >= 0.3 is 12.1 Å². The van der Waals surface area contributed by atoms with Crippen LogP contribution in [0.25, 0.3) is 0 Å². The second-order valence-corrected chi connectivity index (χ2v) is 6.35. The van der Waals surface area contributed by atoms with E-state index in [1.807, 2.05) is 30.3 Å². The number of carboxylic acid groups (broad SMARTS) is 1. The summed E-state index contributed by atoms with van der Waals surface area (Å²) in [6, 6.07) is 8.69. The number of hydroxylamine groups is 2. The van der Waals surface area contributed by atoms with Gasteiger partial charge in [0.2, 0.25) is 0 Å². The zero-order valence-corrected chi connectivity index (χ0v) is 14.2. The van der Waals surface area contributed by atoms with Gasteiger partial charge in [-0.2, -0.15) is 10.2 Å². The summed E-state index contributed by atoms with van der Waals surface area (Å²) in [5.41, 5.74) is 2.68. The molecule has 1 saturated heterocycles. The van der Waals surface area contributed by atoms with Crippen molar-refractivity contribution in [3.63, 3.8) is 0 Å². The van der Waals surface area contributed by atoms with Crippen LogP contribution in [0.1, 0.15) is 28.9 Å². The highest BCUT2D eigenvalue weighted by Gasteiger charge is 2.50. The summed E-state index contributed by atoms with van der Waals surface area (Å²) in [6.45, 7) is 0.829. The first-order chi connectivity index (χ1) is 12.6. The lowest BCUT2D eigenvalue weighted by Crippen LogP contribution is -2.41. The maximum atomic E-state index is 12.9. The number of carbonyl (C=O) groups excluding carboxylic acids is 1. The first kappa shape index (κ1) is 16.4. The van der Waals surface area contributed by atoms with Gasteiger partial charge in [-0.15, -0.1) is 0 Å². The number of benzene rings is 1. The third kappa shape index (κ3) is 2.66. The molecule has 9 heteroatoms. The molecule has 1 unspecified atom stereocenters. The van der Waals surface area contributed by atoms with E-state index in [4.69, 9.17) is 9.94 Å². The third-order valence-electron chi connectivity index (χ3n) is 4.81. The Bertz CT molecular complexity index is 837. The number of nitrogens with one attached hydrogen (secondary N) is 1. The molecule has 3 heterocycles. The molecule has 2 aliphatic rings. The zero-order valence-electron chi connectivity index (χ0n) is 14.2. The Morgan fingerprint density at radius 1 is 1.38 bits per heavy atom. The van der Waals surface area contributed by atoms with Crippen LogP contribution < -0.4 is 5.32 Å². The maximum absolute atomic E-state index is 12.9. The first-order valence-electron chi connectivity index (χ1n) is 8.31. The van der Waals surface area contributed by atoms with Crippen molar-refractivity contribution in [3.8, 4) is 0 Å². The molecule has 2 N–H and O–H groups in total. The summed E-state index contributed by atoms with van der Waals surface area (Å²) in [7, 11) is 1.79. The number of hydrogen-bond acceptors (Lipinski definition) is 4. The van der Waals surface area contributed by atoms with Crippen LogP contribution in [-0.4, -0.2) is 50.1 Å². The average Bonchev–Trinajstić information content (AvgIpc) is 3.15. The third-order valence-corrected chi connectivity index (χ3v) is 4.81. The lowest BCUT2D eigenvalue weighted by Gasteiger charge is -2.31. The van der Waals surface area contributed by atoms with E-state index in [1.54, 1.807) is 22.8 Å². The van der Waals surface area contributed by atoms with Gasteiger partial charge in [0.25, 0.3) is 0 Å². The number of carbonyl (C=O) groups is 2. The van der Waals surface area contributed by atoms with E-state index in [2.05, 4.69) is 10.4 Å². The highest BCUT2D eigenvalue weighted by molar-refractivity contribution is 5.78. The predicted molar refractivity (Wildman–Crippen MR) is 89.9 cm³/mol. The monoisotopic (exact) mass is 357 g/mol. The van der Waals surface area contributed by atoms with E-state index in [0.29, 0.717) is 6.54 Å². The van der Waals surface area contributed by atoms with E-state index in [0.717, 1.165) is 16.8 Å². The fourth-order valence-corrected chi connectivity index (χ4v) is 3.61. The SMILES string of the molecule is Cn1ncc2c1C(CNC(=O)O)N1C[C@H]2N(OCc2ccccc2)C1=O. The molecule has 1 aromatic heterocycles. The molecule has 2 bridgehead atoms. The minimum Gasteiger partial charge on any atom is -0.465 e. The quantitative estimate of drug-likeness (QED) is 0.848. The molecule has 1 fully saturated rings. The van der Waals surface area contributed by atoms with Crippen molar-refractivity contribution in [1.82, 2.24) is 25.1 Å². The van der Waals surface area contributed by atoms with Gasteiger partial charge in [-0.25, -0.2) is 9.59 Å². The smallest absolute Gasteiger partial charge is 0.404 e. The minimum absolute atomic E-state index is 0.104. The fourth-order valence-electron chi connectivity index (χ4n) is 3.61. The van der Waals surface area contributed by atoms with E-state index < -0.39 is 12.1 Å². The van der Waals surface area contributed by atoms with Crippen LogP contribution in [0.3, 0.4) is 0 Å². The highest BCUT2D eigenvalue weighted by atomic mass is 16.7. The number of rotatable bonds is 5. The van der Waals surface area contributed by atoms with Gasteiger partial charge in [0.1, 0.15) is 12.6 Å². The number of nitrogens with zero attached hydrogens (tertiary/aromatic N) is 4. The van der Waals surface area contributed by atoms with E-state index in [1.165, 1.54) is 5.06 Å². The summed E-state index contributed by atoms with van der Waals surface area (Å²) in [5.74, 6) is 0. The molecule has 0 aliphatic carbocycles. The number of amides is 3. The topological polar surface area (TPSA) is 99.9 Å². The van der Waals surface area contributed by atoms with Crippen molar-refractivity contribution in [3.05, 3.63) is 53.3 Å². The molecule has 9 nitrogen and oxygen atoms in total. The maximum Gasteiger partial charge on any atom is 0.404 e. The van der Waals surface area contributed by atoms with Crippen molar-refractivity contribution in [2.24, 2.45) is 7.05 Å².